The van der Waals surface area contributed by atoms with Gasteiger partial charge in [-0.2, -0.15) is 4.31 Å². The molecular formula is C19H16ClFN2O2S. The van der Waals surface area contributed by atoms with E-state index in [9.17, 15) is 12.8 Å². The van der Waals surface area contributed by atoms with E-state index in [1.807, 2.05) is 22.9 Å². The molecule has 4 rings (SSSR count). The van der Waals surface area contributed by atoms with E-state index in [2.05, 4.69) is 0 Å². The van der Waals surface area contributed by atoms with Crippen LogP contribution in [0.3, 0.4) is 0 Å². The van der Waals surface area contributed by atoms with Gasteiger partial charge in [-0.05, 0) is 42.5 Å². The average Bonchev–Trinajstić information content (AvgIpc) is 3.10. The number of halogens is 2. The number of sulfonamides is 1. The van der Waals surface area contributed by atoms with E-state index in [1.165, 1.54) is 22.5 Å². The summed E-state index contributed by atoms with van der Waals surface area (Å²) in [7, 11) is -3.82. The van der Waals surface area contributed by atoms with E-state index in [-0.39, 0.29) is 11.4 Å². The van der Waals surface area contributed by atoms with Gasteiger partial charge in [-0.25, -0.2) is 12.8 Å². The Bertz CT molecular complexity index is 1050. The number of hydrogen-bond donors (Lipinski definition) is 0. The highest BCUT2D eigenvalue weighted by atomic mass is 35.5. The third-order valence-corrected chi connectivity index (χ3v) is 6.74. The van der Waals surface area contributed by atoms with Gasteiger partial charge in [0.05, 0.1) is 10.9 Å². The fourth-order valence-electron chi connectivity index (χ4n) is 3.37. The number of hydrogen-bond acceptors (Lipinski definition) is 2. The van der Waals surface area contributed by atoms with Crippen LogP contribution < -0.4 is 0 Å². The zero-order valence-corrected chi connectivity index (χ0v) is 15.3. The molecule has 0 saturated heterocycles. The second-order valence-corrected chi connectivity index (χ2v) is 8.45. The Morgan fingerprint density at radius 1 is 0.962 bits per heavy atom. The number of rotatable bonds is 3. The molecule has 0 bridgehead atoms. The molecule has 1 atom stereocenters. The van der Waals surface area contributed by atoms with Crippen molar-refractivity contribution in [3.63, 3.8) is 0 Å². The van der Waals surface area contributed by atoms with Gasteiger partial charge in [0.15, 0.2) is 0 Å². The topological polar surface area (TPSA) is 42.3 Å². The molecule has 0 spiro atoms. The first-order chi connectivity index (χ1) is 12.5. The number of benzene rings is 2. The van der Waals surface area contributed by atoms with Gasteiger partial charge in [0.25, 0.3) is 0 Å². The highest BCUT2D eigenvalue weighted by molar-refractivity contribution is 7.89. The summed E-state index contributed by atoms with van der Waals surface area (Å²) in [6.07, 6.45) is 1.88. The number of fused-ring (bicyclic) bond motifs is 1. The minimum absolute atomic E-state index is 0.142. The highest BCUT2D eigenvalue weighted by Gasteiger charge is 2.38. The quantitative estimate of drug-likeness (QED) is 0.676. The maximum atomic E-state index is 14.5. The summed E-state index contributed by atoms with van der Waals surface area (Å²) < 4.78 is 44.4. The van der Waals surface area contributed by atoms with Crippen molar-refractivity contribution in [2.75, 3.05) is 6.54 Å². The Morgan fingerprint density at radius 3 is 2.42 bits per heavy atom. The molecule has 0 fully saturated rings. The normalized spacial score (nSPS) is 17.8. The predicted molar refractivity (Wildman–Crippen MR) is 98.0 cm³/mol. The van der Waals surface area contributed by atoms with E-state index >= 15 is 0 Å². The minimum Gasteiger partial charge on any atom is -0.348 e. The summed E-state index contributed by atoms with van der Waals surface area (Å²) in [4.78, 5) is 0.142. The van der Waals surface area contributed by atoms with Crippen LogP contribution >= 0.6 is 11.6 Å². The Morgan fingerprint density at radius 2 is 1.69 bits per heavy atom. The van der Waals surface area contributed by atoms with Crippen LogP contribution in [0.5, 0.6) is 0 Å². The molecule has 0 unspecified atom stereocenters. The summed E-state index contributed by atoms with van der Waals surface area (Å²) in [6, 6.07) is 15.3. The van der Waals surface area contributed by atoms with Crippen LogP contribution in [-0.2, 0) is 16.6 Å². The lowest BCUT2D eigenvalue weighted by Gasteiger charge is -2.36. The largest absolute Gasteiger partial charge is 0.348 e. The van der Waals surface area contributed by atoms with E-state index in [4.69, 9.17) is 11.6 Å². The highest BCUT2D eigenvalue weighted by Crippen LogP contribution is 2.37. The van der Waals surface area contributed by atoms with Crippen molar-refractivity contribution in [2.45, 2.75) is 17.5 Å². The fraction of sp³-hybridized carbons (Fsp3) is 0.158. The maximum Gasteiger partial charge on any atom is 0.244 e. The molecule has 0 aliphatic carbocycles. The van der Waals surface area contributed by atoms with Gasteiger partial charge in [-0.1, -0.05) is 29.8 Å². The zero-order valence-electron chi connectivity index (χ0n) is 13.7. The van der Waals surface area contributed by atoms with Gasteiger partial charge < -0.3 is 4.57 Å². The van der Waals surface area contributed by atoms with Crippen LogP contribution in [0.25, 0.3) is 0 Å². The summed E-state index contributed by atoms with van der Waals surface area (Å²) in [5, 5.41) is 0.460. The van der Waals surface area contributed by atoms with E-state index in [1.54, 1.807) is 30.3 Å². The van der Waals surface area contributed by atoms with Gasteiger partial charge in [-0.3, -0.25) is 0 Å². The molecule has 4 nitrogen and oxygen atoms in total. The standard InChI is InChI=1S/C19H16ClFN2O2S/c20-14-7-9-15(10-8-14)26(24,25)23-13-12-22-11-3-6-18(22)19(23)16-4-1-2-5-17(16)21/h1-11,19H,12-13H2/t19-/m1/s1. The number of aromatic nitrogens is 1. The molecule has 134 valence electrons. The molecule has 0 saturated carbocycles. The van der Waals surface area contributed by atoms with Crippen LogP contribution in [0, 0.1) is 5.82 Å². The molecule has 26 heavy (non-hydrogen) atoms. The van der Waals surface area contributed by atoms with Crippen LogP contribution in [0.2, 0.25) is 5.02 Å². The van der Waals surface area contributed by atoms with E-state index in [0.717, 1.165) is 5.69 Å². The molecule has 2 heterocycles. The number of nitrogens with zero attached hydrogens (tertiary/aromatic N) is 2. The van der Waals surface area contributed by atoms with Crippen molar-refractivity contribution in [3.05, 3.63) is 89.0 Å². The average molecular weight is 391 g/mol. The predicted octanol–water partition coefficient (Wildman–Crippen LogP) is 4.07. The van der Waals surface area contributed by atoms with E-state index < -0.39 is 21.9 Å². The fourth-order valence-corrected chi connectivity index (χ4v) is 5.07. The lowest BCUT2D eigenvalue weighted by Crippen LogP contribution is -2.42. The van der Waals surface area contributed by atoms with Crippen LogP contribution in [0.1, 0.15) is 17.3 Å². The Balaban J connectivity index is 1.87. The van der Waals surface area contributed by atoms with Crippen molar-refractivity contribution in [2.24, 2.45) is 0 Å². The van der Waals surface area contributed by atoms with Gasteiger partial charge in [-0.15, -0.1) is 0 Å². The van der Waals surface area contributed by atoms with Crippen molar-refractivity contribution in [1.82, 2.24) is 8.87 Å². The Hall–Kier alpha value is -2.15. The Kier molecular flexibility index (Phi) is 4.34. The minimum atomic E-state index is -3.82. The third kappa shape index (κ3) is 2.84. The van der Waals surface area contributed by atoms with Crippen molar-refractivity contribution in [3.8, 4) is 0 Å². The summed E-state index contributed by atoms with van der Waals surface area (Å²) in [5.74, 6) is -0.427. The monoisotopic (exact) mass is 390 g/mol. The lowest BCUT2D eigenvalue weighted by atomic mass is 10.0. The molecule has 7 heteroatoms. The van der Waals surface area contributed by atoms with E-state index in [0.29, 0.717) is 17.1 Å². The molecule has 1 aromatic heterocycles. The Labute approximate surface area is 156 Å². The lowest BCUT2D eigenvalue weighted by molar-refractivity contribution is 0.293. The van der Waals surface area contributed by atoms with Crippen LogP contribution in [0.4, 0.5) is 4.39 Å². The molecule has 3 aromatic rings. The van der Waals surface area contributed by atoms with Gasteiger partial charge in [0.2, 0.25) is 10.0 Å². The SMILES string of the molecule is O=S(=O)(c1ccc(Cl)cc1)N1CCn2cccc2[C@H]1c1ccccc1F. The van der Waals surface area contributed by atoms with Crippen LogP contribution in [0.15, 0.2) is 71.8 Å². The van der Waals surface area contributed by atoms with Crippen molar-refractivity contribution >= 4 is 21.6 Å². The zero-order chi connectivity index (χ0) is 18.3. The third-order valence-electron chi connectivity index (χ3n) is 4.61. The first-order valence-electron chi connectivity index (χ1n) is 8.15. The molecule has 0 N–H and O–H groups in total. The molecule has 2 aromatic carbocycles. The second-order valence-electron chi connectivity index (χ2n) is 6.12. The second kappa shape index (κ2) is 6.54. The van der Waals surface area contributed by atoms with Crippen LogP contribution in [-0.4, -0.2) is 23.8 Å². The summed E-state index contributed by atoms with van der Waals surface area (Å²) >= 11 is 5.88. The maximum absolute atomic E-state index is 14.5. The molecule has 1 aliphatic rings. The van der Waals surface area contributed by atoms with Gasteiger partial charge in [0, 0.05) is 35.6 Å². The molecular weight excluding hydrogens is 375 g/mol. The van der Waals surface area contributed by atoms with Crippen molar-refractivity contribution in [1.29, 1.82) is 0 Å². The van der Waals surface area contributed by atoms with Gasteiger partial charge in [0.1, 0.15) is 5.82 Å². The van der Waals surface area contributed by atoms with Crippen molar-refractivity contribution < 1.29 is 12.8 Å². The first kappa shape index (κ1) is 17.3. The molecule has 0 radical (unpaired) electrons. The molecule has 1 aliphatic heterocycles. The smallest absolute Gasteiger partial charge is 0.244 e. The molecule has 0 amide bonds. The van der Waals surface area contributed by atoms with Gasteiger partial charge >= 0.3 is 0 Å². The summed E-state index contributed by atoms with van der Waals surface area (Å²) in [5.41, 5.74) is 1.09. The summed E-state index contributed by atoms with van der Waals surface area (Å²) in [6.45, 7) is 0.770. The first-order valence-corrected chi connectivity index (χ1v) is 9.97.